The van der Waals surface area contributed by atoms with Crippen LogP contribution in [-0.4, -0.2) is 14.3 Å². The van der Waals surface area contributed by atoms with Crippen molar-refractivity contribution in [2.24, 2.45) is 0 Å². The van der Waals surface area contributed by atoms with Crippen molar-refractivity contribution in [3.63, 3.8) is 0 Å². The van der Waals surface area contributed by atoms with Crippen molar-refractivity contribution in [3.8, 4) is 56.1 Å². The molecule has 51 heavy (non-hydrogen) atoms. The van der Waals surface area contributed by atoms with E-state index >= 15 is 0 Å². The Labute approximate surface area is 297 Å². The standard InChI is InChI=1S/C48H35N3/c1-48(2)42-22-12-9-19-38(42)39-26-25-34(29-43(39)48)35-27-36(50-45-23-13-10-20-40(45)41-21-11-14-24-46(41)50)30-37(28-35)51-47(33-17-7-4-8-18-33)31-44(49-51)32-15-5-3-6-16-32/h3-31H,1-2H3. The fraction of sp³-hybridized carbons (Fsp3) is 0.0625. The van der Waals surface area contributed by atoms with Crippen molar-refractivity contribution in [2.45, 2.75) is 19.3 Å². The van der Waals surface area contributed by atoms with Crippen LogP contribution in [0.5, 0.6) is 0 Å². The number of para-hydroxylation sites is 2. The predicted octanol–water partition coefficient (Wildman–Crippen LogP) is 12.3. The van der Waals surface area contributed by atoms with Gasteiger partial charge in [-0.05, 0) is 75.8 Å². The Morgan fingerprint density at radius 1 is 0.431 bits per heavy atom. The maximum absolute atomic E-state index is 5.32. The summed E-state index contributed by atoms with van der Waals surface area (Å²) in [5, 5.41) is 7.81. The van der Waals surface area contributed by atoms with E-state index in [-0.39, 0.29) is 5.41 Å². The predicted molar refractivity (Wildman–Crippen MR) is 212 cm³/mol. The summed E-state index contributed by atoms with van der Waals surface area (Å²) in [6, 6.07) is 63.6. The van der Waals surface area contributed by atoms with Crippen LogP contribution in [0.2, 0.25) is 0 Å². The van der Waals surface area contributed by atoms with E-state index in [0.717, 1.165) is 39.5 Å². The molecule has 3 heteroatoms. The smallest absolute Gasteiger partial charge is 0.0934 e. The van der Waals surface area contributed by atoms with Gasteiger partial charge in [0.25, 0.3) is 0 Å². The Morgan fingerprint density at radius 2 is 1.02 bits per heavy atom. The highest BCUT2D eigenvalue weighted by atomic mass is 15.3. The van der Waals surface area contributed by atoms with Gasteiger partial charge in [0.2, 0.25) is 0 Å². The lowest BCUT2D eigenvalue weighted by Crippen LogP contribution is -2.14. The minimum absolute atomic E-state index is 0.0950. The first-order chi connectivity index (χ1) is 25.0. The van der Waals surface area contributed by atoms with E-state index in [4.69, 9.17) is 5.10 Å². The second kappa shape index (κ2) is 11.3. The number of aromatic nitrogens is 3. The topological polar surface area (TPSA) is 22.8 Å². The molecule has 2 heterocycles. The Kier molecular flexibility index (Phi) is 6.53. The number of rotatable bonds is 5. The molecule has 1 aliphatic carbocycles. The number of nitrogens with zero attached hydrogens (tertiary/aromatic N) is 3. The van der Waals surface area contributed by atoms with Crippen LogP contribution in [0.1, 0.15) is 25.0 Å². The number of hydrogen-bond acceptors (Lipinski definition) is 1. The summed E-state index contributed by atoms with van der Waals surface area (Å²) in [5.74, 6) is 0. The van der Waals surface area contributed by atoms with Gasteiger partial charge in [0, 0.05) is 33.0 Å². The van der Waals surface area contributed by atoms with Gasteiger partial charge in [-0.3, -0.25) is 0 Å². The molecule has 242 valence electrons. The lowest BCUT2D eigenvalue weighted by atomic mass is 9.81. The third-order valence-corrected chi connectivity index (χ3v) is 10.8. The van der Waals surface area contributed by atoms with E-state index < -0.39 is 0 Å². The molecule has 0 saturated heterocycles. The van der Waals surface area contributed by atoms with Gasteiger partial charge >= 0.3 is 0 Å². The van der Waals surface area contributed by atoms with Gasteiger partial charge in [-0.25, -0.2) is 4.68 Å². The van der Waals surface area contributed by atoms with Crippen LogP contribution in [-0.2, 0) is 5.41 Å². The molecule has 0 aliphatic heterocycles. The Hall–Kier alpha value is -6.45. The van der Waals surface area contributed by atoms with Gasteiger partial charge < -0.3 is 4.57 Å². The van der Waals surface area contributed by atoms with E-state index in [2.05, 4.69) is 199 Å². The molecule has 0 amide bonds. The van der Waals surface area contributed by atoms with Crippen molar-refractivity contribution in [3.05, 3.63) is 187 Å². The van der Waals surface area contributed by atoms with E-state index in [1.54, 1.807) is 0 Å². The van der Waals surface area contributed by atoms with E-state index in [9.17, 15) is 0 Å². The van der Waals surface area contributed by atoms with Crippen molar-refractivity contribution in [1.82, 2.24) is 14.3 Å². The van der Waals surface area contributed by atoms with Crippen LogP contribution >= 0.6 is 0 Å². The van der Waals surface area contributed by atoms with Crippen molar-refractivity contribution in [1.29, 1.82) is 0 Å². The van der Waals surface area contributed by atoms with Gasteiger partial charge in [-0.1, -0.05) is 147 Å². The highest BCUT2D eigenvalue weighted by molar-refractivity contribution is 6.09. The molecule has 10 rings (SSSR count). The van der Waals surface area contributed by atoms with Crippen LogP contribution in [0.15, 0.2) is 176 Å². The summed E-state index contributed by atoms with van der Waals surface area (Å²) in [5.41, 5.74) is 16.3. The minimum atomic E-state index is -0.0950. The second-order valence-electron chi connectivity index (χ2n) is 14.1. The summed E-state index contributed by atoms with van der Waals surface area (Å²) in [4.78, 5) is 0. The molecule has 0 N–H and O–H groups in total. The number of hydrogen-bond donors (Lipinski definition) is 0. The first-order valence-electron chi connectivity index (χ1n) is 17.6. The fourth-order valence-corrected chi connectivity index (χ4v) is 8.24. The zero-order valence-electron chi connectivity index (χ0n) is 28.6. The molecular weight excluding hydrogens is 619 g/mol. The van der Waals surface area contributed by atoms with Crippen LogP contribution in [0.25, 0.3) is 77.9 Å². The first-order valence-corrected chi connectivity index (χ1v) is 17.6. The fourth-order valence-electron chi connectivity index (χ4n) is 8.24. The third kappa shape index (κ3) is 4.62. The average Bonchev–Trinajstić information content (AvgIpc) is 3.85. The summed E-state index contributed by atoms with van der Waals surface area (Å²) >= 11 is 0. The van der Waals surface area contributed by atoms with E-state index in [0.29, 0.717) is 0 Å². The normalized spacial score (nSPS) is 13.1. The largest absolute Gasteiger partial charge is 0.309 e. The molecule has 0 bridgehead atoms. The third-order valence-electron chi connectivity index (χ3n) is 10.8. The van der Waals surface area contributed by atoms with Crippen molar-refractivity contribution in [2.75, 3.05) is 0 Å². The highest BCUT2D eigenvalue weighted by Crippen LogP contribution is 2.49. The summed E-state index contributed by atoms with van der Waals surface area (Å²) in [6.07, 6.45) is 0. The lowest BCUT2D eigenvalue weighted by molar-refractivity contribution is 0.660. The Balaban J connectivity index is 1.25. The van der Waals surface area contributed by atoms with Gasteiger partial charge in [0.15, 0.2) is 0 Å². The first kappa shape index (κ1) is 29.5. The van der Waals surface area contributed by atoms with Crippen molar-refractivity contribution >= 4 is 21.8 Å². The quantitative estimate of drug-likeness (QED) is 0.181. The van der Waals surface area contributed by atoms with Crippen LogP contribution < -0.4 is 0 Å². The number of benzene rings is 7. The highest BCUT2D eigenvalue weighted by Gasteiger charge is 2.35. The maximum atomic E-state index is 5.32. The Bertz CT molecular complexity index is 2710. The molecule has 0 saturated carbocycles. The zero-order valence-corrected chi connectivity index (χ0v) is 28.6. The second-order valence-corrected chi connectivity index (χ2v) is 14.1. The summed E-state index contributed by atoms with van der Waals surface area (Å²) in [6.45, 7) is 4.70. The van der Waals surface area contributed by atoms with Crippen LogP contribution in [0, 0.1) is 0 Å². The number of fused-ring (bicyclic) bond motifs is 6. The average molecular weight is 654 g/mol. The molecule has 9 aromatic rings. The van der Waals surface area contributed by atoms with Crippen molar-refractivity contribution < 1.29 is 0 Å². The molecule has 1 aliphatic rings. The van der Waals surface area contributed by atoms with Crippen LogP contribution in [0.4, 0.5) is 0 Å². The van der Waals surface area contributed by atoms with E-state index in [1.165, 1.54) is 49.6 Å². The molecule has 0 fully saturated rings. The van der Waals surface area contributed by atoms with Gasteiger partial charge in [0.05, 0.1) is 28.1 Å². The Morgan fingerprint density at radius 3 is 1.75 bits per heavy atom. The maximum Gasteiger partial charge on any atom is 0.0934 e. The summed E-state index contributed by atoms with van der Waals surface area (Å²) in [7, 11) is 0. The molecule has 0 atom stereocenters. The van der Waals surface area contributed by atoms with Crippen LogP contribution in [0.3, 0.4) is 0 Å². The van der Waals surface area contributed by atoms with Gasteiger partial charge in [-0.15, -0.1) is 0 Å². The monoisotopic (exact) mass is 653 g/mol. The molecule has 3 nitrogen and oxygen atoms in total. The molecule has 0 unspecified atom stereocenters. The molecule has 0 spiro atoms. The zero-order chi connectivity index (χ0) is 34.1. The molecular formula is C48H35N3. The molecule has 2 aromatic heterocycles. The molecule has 0 radical (unpaired) electrons. The van der Waals surface area contributed by atoms with E-state index in [1.807, 2.05) is 0 Å². The van der Waals surface area contributed by atoms with Gasteiger partial charge in [0.1, 0.15) is 0 Å². The SMILES string of the molecule is CC1(C)c2ccccc2-c2ccc(-c3cc(-n4nc(-c5ccccc5)cc4-c4ccccc4)cc(-n4c5ccccc5c5ccccc54)c3)cc21. The summed E-state index contributed by atoms with van der Waals surface area (Å²) < 4.78 is 4.54. The van der Waals surface area contributed by atoms with Gasteiger partial charge in [-0.2, -0.15) is 5.10 Å². The lowest BCUT2D eigenvalue weighted by Gasteiger charge is -2.22. The molecule has 7 aromatic carbocycles. The minimum Gasteiger partial charge on any atom is -0.309 e.